The van der Waals surface area contributed by atoms with Crippen molar-refractivity contribution in [2.75, 3.05) is 11.5 Å². The molecule has 0 radical (unpaired) electrons. The predicted molar refractivity (Wildman–Crippen MR) is 85.5 cm³/mol. The van der Waals surface area contributed by atoms with Crippen molar-refractivity contribution in [2.45, 2.75) is 21.6 Å². The van der Waals surface area contributed by atoms with Crippen LogP contribution in [0.1, 0.15) is 6.92 Å². The third-order valence-corrected chi connectivity index (χ3v) is 6.96. The fourth-order valence-corrected chi connectivity index (χ4v) is 4.28. The Morgan fingerprint density at radius 2 is 1.50 bits per heavy atom. The first-order chi connectivity index (χ1) is 10.2. The average molecular weight is 360 g/mol. The summed E-state index contributed by atoms with van der Waals surface area (Å²) in [7, 11) is -7.28. The second-order valence-electron chi connectivity index (χ2n) is 4.56. The van der Waals surface area contributed by atoms with Crippen molar-refractivity contribution in [3.05, 3.63) is 47.5 Å². The van der Waals surface area contributed by atoms with Gasteiger partial charge in [-0.15, -0.1) is 0 Å². The summed E-state index contributed by atoms with van der Waals surface area (Å²) in [5.74, 6) is -0.0876. The number of sulfone groups is 2. The van der Waals surface area contributed by atoms with E-state index in [1.54, 1.807) is 0 Å². The summed E-state index contributed by atoms with van der Waals surface area (Å²) in [5.41, 5.74) is 5.65. The molecule has 0 unspecified atom stereocenters. The van der Waals surface area contributed by atoms with Crippen molar-refractivity contribution >= 4 is 37.0 Å². The molecule has 22 heavy (non-hydrogen) atoms. The molecule has 0 saturated carbocycles. The smallest absolute Gasteiger partial charge is 0.208 e. The molecule has 0 amide bonds. The number of nitrogen functional groups attached to an aromatic ring is 1. The van der Waals surface area contributed by atoms with Gasteiger partial charge in [0.05, 0.1) is 26.1 Å². The van der Waals surface area contributed by atoms with E-state index in [2.05, 4.69) is 0 Å². The SMILES string of the molecule is CCS(=O)(=O)c1ccc(S(=O)(=O)c2ccc(Cl)cc2)c(N)c1. The third kappa shape index (κ3) is 3.11. The van der Waals surface area contributed by atoms with Crippen molar-refractivity contribution in [1.82, 2.24) is 0 Å². The van der Waals surface area contributed by atoms with Crippen LogP contribution in [0, 0.1) is 0 Å². The van der Waals surface area contributed by atoms with E-state index in [1.807, 2.05) is 0 Å². The second-order valence-corrected chi connectivity index (χ2v) is 9.19. The molecule has 0 atom stereocenters. The summed E-state index contributed by atoms with van der Waals surface area (Å²) in [6.45, 7) is 1.50. The third-order valence-electron chi connectivity index (χ3n) is 3.13. The summed E-state index contributed by atoms with van der Waals surface area (Å²) in [6.07, 6.45) is 0. The van der Waals surface area contributed by atoms with Crippen LogP contribution in [0.3, 0.4) is 0 Å². The van der Waals surface area contributed by atoms with Crippen LogP contribution in [0.25, 0.3) is 0 Å². The molecule has 2 aromatic rings. The number of nitrogens with two attached hydrogens (primary N) is 1. The second kappa shape index (κ2) is 5.91. The van der Waals surface area contributed by atoms with Crippen molar-refractivity contribution in [1.29, 1.82) is 0 Å². The lowest BCUT2D eigenvalue weighted by Gasteiger charge is -2.10. The zero-order chi connectivity index (χ0) is 16.5. The number of halogens is 1. The number of rotatable bonds is 4. The highest BCUT2D eigenvalue weighted by molar-refractivity contribution is 7.92. The summed E-state index contributed by atoms with van der Waals surface area (Å²) in [5, 5.41) is 0.413. The van der Waals surface area contributed by atoms with E-state index in [1.165, 1.54) is 49.4 Å². The lowest BCUT2D eigenvalue weighted by atomic mass is 10.3. The summed E-state index contributed by atoms with van der Waals surface area (Å²) >= 11 is 5.74. The number of hydrogen-bond acceptors (Lipinski definition) is 5. The normalized spacial score (nSPS) is 12.3. The summed E-state index contributed by atoms with van der Waals surface area (Å²) < 4.78 is 48.7. The van der Waals surface area contributed by atoms with Crippen molar-refractivity contribution in [3.8, 4) is 0 Å². The van der Waals surface area contributed by atoms with Crippen LogP contribution in [-0.2, 0) is 19.7 Å². The van der Waals surface area contributed by atoms with Crippen LogP contribution < -0.4 is 5.73 Å². The Hall–Kier alpha value is -1.57. The van der Waals surface area contributed by atoms with Gasteiger partial charge >= 0.3 is 0 Å². The van der Waals surface area contributed by atoms with E-state index in [4.69, 9.17) is 17.3 Å². The zero-order valence-electron chi connectivity index (χ0n) is 11.7. The van der Waals surface area contributed by atoms with Crippen LogP contribution in [0.4, 0.5) is 5.69 Å². The van der Waals surface area contributed by atoms with Gasteiger partial charge < -0.3 is 5.73 Å². The highest BCUT2D eigenvalue weighted by Crippen LogP contribution is 2.28. The molecule has 118 valence electrons. The Morgan fingerprint density at radius 3 is 2.00 bits per heavy atom. The molecule has 0 bridgehead atoms. The summed E-state index contributed by atoms with van der Waals surface area (Å²) in [4.78, 5) is -0.0952. The van der Waals surface area contributed by atoms with E-state index in [0.717, 1.165) is 0 Å². The molecular weight excluding hydrogens is 346 g/mol. The Balaban J connectivity index is 2.56. The first kappa shape index (κ1) is 16.8. The molecule has 8 heteroatoms. The fourth-order valence-electron chi connectivity index (χ4n) is 1.87. The van der Waals surface area contributed by atoms with Crippen LogP contribution in [-0.4, -0.2) is 22.6 Å². The molecule has 0 heterocycles. The van der Waals surface area contributed by atoms with E-state index in [9.17, 15) is 16.8 Å². The Labute approximate surface area is 134 Å². The molecule has 0 fully saturated rings. The number of benzene rings is 2. The molecule has 2 aromatic carbocycles. The molecule has 5 nitrogen and oxygen atoms in total. The molecule has 0 aliphatic carbocycles. The summed E-state index contributed by atoms with van der Waals surface area (Å²) in [6, 6.07) is 9.28. The first-order valence-electron chi connectivity index (χ1n) is 6.31. The van der Waals surface area contributed by atoms with Crippen LogP contribution in [0.15, 0.2) is 57.2 Å². The quantitative estimate of drug-likeness (QED) is 0.846. The van der Waals surface area contributed by atoms with Gasteiger partial charge in [0.2, 0.25) is 9.84 Å². The molecule has 0 spiro atoms. The Bertz CT molecular complexity index is 904. The first-order valence-corrected chi connectivity index (χ1v) is 9.83. The van der Waals surface area contributed by atoms with E-state index >= 15 is 0 Å². The molecule has 0 aliphatic rings. The molecular formula is C14H14ClNO4S2. The van der Waals surface area contributed by atoms with Crippen LogP contribution in [0.2, 0.25) is 5.02 Å². The molecule has 0 aromatic heterocycles. The topological polar surface area (TPSA) is 94.3 Å². The Kier molecular flexibility index (Phi) is 4.51. The van der Waals surface area contributed by atoms with Crippen LogP contribution in [0.5, 0.6) is 0 Å². The predicted octanol–water partition coefficient (Wildman–Crippen LogP) is 2.55. The minimum atomic E-state index is -3.83. The van der Waals surface area contributed by atoms with Gasteiger partial charge in [-0.05, 0) is 42.5 Å². The van der Waals surface area contributed by atoms with Crippen molar-refractivity contribution in [2.24, 2.45) is 0 Å². The van der Waals surface area contributed by atoms with E-state index < -0.39 is 19.7 Å². The van der Waals surface area contributed by atoms with Crippen LogP contribution >= 0.6 is 11.6 Å². The standard InChI is InChI=1S/C14H14ClNO4S2/c1-2-21(17,18)12-7-8-14(13(16)9-12)22(19,20)11-5-3-10(15)4-6-11/h3-9H,2,16H2,1H3. The molecule has 0 aliphatic heterocycles. The maximum absolute atomic E-state index is 12.5. The largest absolute Gasteiger partial charge is 0.398 e. The van der Waals surface area contributed by atoms with Crippen molar-refractivity contribution in [3.63, 3.8) is 0 Å². The minimum Gasteiger partial charge on any atom is -0.398 e. The maximum atomic E-state index is 12.5. The monoisotopic (exact) mass is 359 g/mol. The van der Waals surface area contributed by atoms with Gasteiger partial charge in [-0.25, -0.2) is 16.8 Å². The number of anilines is 1. The molecule has 0 saturated heterocycles. The van der Waals surface area contributed by atoms with E-state index in [0.29, 0.717) is 5.02 Å². The Morgan fingerprint density at radius 1 is 0.955 bits per heavy atom. The van der Waals surface area contributed by atoms with Crippen molar-refractivity contribution < 1.29 is 16.8 Å². The number of hydrogen-bond donors (Lipinski definition) is 1. The average Bonchev–Trinajstić information content (AvgIpc) is 2.47. The fraction of sp³-hybridized carbons (Fsp3) is 0.143. The molecule has 2 N–H and O–H groups in total. The molecule has 2 rings (SSSR count). The van der Waals surface area contributed by atoms with Gasteiger partial charge in [-0.2, -0.15) is 0 Å². The highest BCUT2D eigenvalue weighted by Gasteiger charge is 2.22. The van der Waals surface area contributed by atoms with Gasteiger partial charge in [0.1, 0.15) is 0 Å². The lowest BCUT2D eigenvalue weighted by molar-refractivity contribution is 0.593. The van der Waals surface area contributed by atoms with Gasteiger partial charge in [0.25, 0.3) is 0 Å². The van der Waals surface area contributed by atoms with Gasteiger partial charge in [-0.1, -0.05) is 18.5 Å². The van der Waals surface area contributed by atoms with Gasteiger partial charge in [-0.3, -0.25) is 0 Å². The van der Waals surface area contributed by atoms with E-state index in [-0.39, 0.29) is 26.1 Å². The zero-order valence-corrected chi connectivity index (χ0v) is 14.0. The maximum Gasteiger partial charge on any atom is 0.208 e. The minimum absolute atomic E-state index is 0.00237. The van der Waals surface area contributed by atoms with Gasteiger partial charge in [0, 0.05) is 5.02 Å². The lowest BCUT2D eigenvalue weighted by Crippen LogP contribution is -2.09. The van der Waals surface area contributed by atoms with Gasteiger partial charge in [0.15, 0.2) is 9.84 Å². The highest BCUT2D eigenvalue weighted by atomic mass is 35.5.